The van der Waals surface area contributed by atoms with E-state index >= 15 is 0 Å². The normalized spacial score (nSPS) is 10.7. The standard InChI is InChI=1S/C17H28ClNO2/c1-4-6-7-8-9-10-21-17-14(13-19-5-2)11-15(18)12-16(17)20-3/h11-12,19H,4-10,13H2,1-3H3. The Kier molecular flexibility index (Phi) is 9.27. The van der Waals surface area contributed by atoms with E-state index in [-0.39, 0.29) is 0 Å². The maximum absolute atomic E-state index is 6.13. The number of halogens is 1. The van der Waals surface area contributed by atoms with Crippen LogP contribution in [-0.4, -0.2) is 20.3 Å². The fourth-order valence-corrected chi connectivity index (χ4v) is 2.44. The van der Waals surface area contributed by atoms with Crippen molar-refractivity contribution in [2.75, 3.05) is 20.3 Å². The molecule has 0 bridgehead atoms. The molecule has 1 aromatic rings. The zero-order chi connectivity index (χ0) is 15.5. The third-order valence-electron chi connectivity index (χ3n) is 3.38. The Morgan fingerprint density at radius 3 is 2.52 bits per heavy atom. The average Bonchev–Trinajstić information content (AvgIpc) is 2.49. The van der Waals surface area contributed by atoms with E-state index in [0.29, 0.717) is 10.8 Å². The summed E-state index contributed by atoms with van der Waals surface area (Å²) in [5.41, 5.74) is 1.05. The Morgan fingerprint density at radius 2 is 1.86 bits per heavy atom. The lowest BCUT2D eigenvalue weighted by Crippen LogP contribution is -2.13. The van der Waals surface area contributed by atoms with E-state index < -0.39 is 0 Å². The van der Waals surface area contributed by atoms with Crippen molar-refractivity contribution in [2.24, 2.45) is 0 Å². The number of benzene rings is 1. The van der Waals surface area contributed by atoms with Crippen LogP contribution in [0.2, 0.25) is 5.02 Å². The highest BCUT2D eigenvalue weighted by atomic mass is 35.5. The number of hydrogen-bond acceptors (Lipinski definition) is 3. The summed E-state index contributed by atoms with van der Waals surface area (Å²) in [5, 5.41) is 3.98. The Bertz CT molecular complexity index is 410. The first-order valence-corrected chi connectivity index (χ1v) is 8.30. The van der Waals surface area contributed by atoms with Gasteiger partial charge in [-0.25, -0.2) is 0 Å². The summed E-state index contributed by atoms with van der Waals surface area (Å²) in [5.74, 6) is 1.53. The molecule has 1 aromatic carbocycles. The Morgan fingerprint density at radius 1 is 1.10 bits per heavy atom. The molecular formula is C17H28ClNO2. The van der Waals surface area contributed by atoms with Crippen LogP contribution >= 0.6 is 11.6 Å². The van der Waals surface area contributed by atoms with Crippen molar-refractivity contribution in [3.05, 3.63) is 22.7 Å². The molecule has 0 unspecified atom stereocenters. The quantitative estimate of drug-likeness (QED) is 0.595. The molecule has 0 aliphatic heterocycles. The molecule has 0 atom stereocenters. The summed E-state index contributed by atoms with van der Waals surface area (Å²) in [6, 6.07) is 3.75. The van der Waals surface area contributed by atoms with Gasteiger partial charge in [-0.2, -0.15) is 0 Å². The van der Waals surface area contributed by atoms with Gasteiger partial charge in [-0.05, 0) is 19.0 Å². The average molecular weight is 314 g/mol. The second-order valence-electron chi connectivity index (χ2n) is 5.14. The second-order valence-corrected chi connectivity index (χ2v) is 5.58. The molecule has 0 fully saturated rings. The monoisotopic (exact) mass is 313 g/mol. The van der Waals surface area contributed by atoms with E-state index in [2.05, 4.69) is 19.2 Å². The van der Waals surface area contributed by atoms with E-state index in [1.165, 1.54) is 25.7 Å². The van der Waals surface area contributed by atoms with Gasteiger partial charge in [-0.3, -0.25) is 0 Å². The Labute approximate surface area is 134 Å². The van der Waals surface area contributed by atoms with Crippen LogP contribution in [0, 0.1) is 0 Å². The summed E-state index contributed by atoms with van der Waals surface area (Å²) in [4.78, 5) is 0. The van der Waals surface area contributed by atoms with Crippen LogP contribution < -0.4 is 14.8 Å². The minimum atomic E-state index is 0.676. The molecule has 0 amide bonds. The van der Waals surface area contributed by atoms with Crippen LogP contribution in [0.25, 0.3) is 0 Å². The molecule has 3 nitrogen and oxygen atoms in total. The first-order chi connectivity index (χ1) is 10.2. The number of hydrogen-bond donors (Lipinski definition) is 1. The number of methoxy groups -OCH3 is 1. The third-order valence-corrected chi connectivity index (χ3v) is 3.59. The lowest BCUT2D eigenvalue weighted by molar-refractivity contribution is 0.281. The van der Waals surface area contributed by atoms with Gasteiger partial charge in [0.15, 0.2) is 11.5 Å². The van der Waals surface area contributed by atoms with Crippen LogP contribution in [0.5, 0.6) is 11.5 Å². The van der Waals surface area contributed by atoms with Gasteiger partial charge in [0.2, 0.25) is 0 Å². The molecule has 0 heterocycles. The van der Waals surface area contributed by atoms with Gasteiger partial charge < -0.3 is 14.8 Å². The molecule has 21 heavy (non-hydrogen) atoms. The van der Waals surface area contributed by atoms with Crippen molar-refractivity contribution >= 4 is 11.6 Å². The van der Waals surface area contributed by atoms with Crippen LogP contribution in [-0.2, 0) is 6.54 Å². The van der Waals surface area contributed by atoms with Crippen molar-refractivity contribution < 1.29 is 9.47 Å². The molecule has 4 heteroatoms. The Hall–Kier alpha value is -0.930. The van der Waals surface area contributed by atoms with E-state index in [1.807, 2.05) is 12.1 Å². The van der Waals surface area contributed by atoms with Crippen LogP contribution in [0.4, 0.5) is 0 Å². The maximum atomic E-state index is 6.13. The molecule has 120 valence electrons. The van der Waals surface area contributed by atoms with Crippen LogP contribution in [0.3, 0.4) is 0 Å². The summed E-state index contributed by atoms with van der Waals surface area (Å²) in [7, 11) is 1.65. The fourth-order valence-electron chi connectivity index (χ4n) is 2.21. The summed E-state index contributed by atoms with van der Waals surface area (Å²) < 4.78 is 11.4. The highest BCUT2D eigenvalue weighted by Crippen LogP contribution is 2.35. The topological polar surface area (TPSA) is 30.5 Å². The highest BCUT2D eigenvalue weighted by molar-refractivity contribution is 6.30. The van der Waals surface area contributed by atoms with Crippen LogP contribution in [0.1, 0.15) is 51.5 Å². The molecule has 0 saturated carbocycles. The van der Waals surface area contributed by atoms with Crippen molar-refractivity contribution in [3.8, 4) is 11.5 Å². The first-order valence-electron chi connectivity index (χ1n) is 7.92. The SMILES string of the molecule is CCCCCCCOc1c(CNCC)cc(Cl)cc1OC. The van der Waals surface area contributed by atoms with Gasteiger partial charge in [0.05, 0.1) is 13.7 Å². The minimum absolute atomic E-state index is 0.676. The predicted molar refractivity (Wildman–Crippen MR) is 89.6 cm³/mol. The van der Waals surface area contributed by atoms with Gasteiger partial charge >= 0.3 is 0 Å². The fraction of sp³-hybridized carbons (Fsp3) is 0.647. The lowest BCUT2D eigenvalue weighted by atomic mass is 10.1. The van der Waals surface area contributed by atoms with E-state index in [9.17, 15) is 0 Å². The molecule has 0 saturated heterocycles. The van der Waals surface area contributed by atoms with Gasteiger partial charge in [-0.15, -0.1) is 0 Å². The Balaban J connectivity index is 2.64. The van der Waals surface area contributed by atoms with Gasteiger partial charge in [0, 0.05) is 23.2 Å². The summed E-state index contributed by atoms with van der Waals surface area (Å²) in [6.45, 7) is 6.67. The predicted octanol–water partition coefficient (Wildman–Crippen LogP) is 4.81. The molecule has 0 aliphatic rings. The van der Waals surface area contributed by atoms with Crippen molar-refractivity contribution in [3.63, 3.8) is 0 Å². The van der Waals surface area contributed by atoms with E-state index in [4.69, 9.17) is 21.1 Å². The summed E-state index contributed by atoms with van der Waals surface area (Å²) in [6.07, 6.45) is 6.13. The van der Waals surface area contributed by atoms with E-state index in [0.717, 1.165) is 37.4 Å². The van der Waals surface area contributed by atoms with Crippen molar-refractivity contribution in [2.45, 2.75) is 52.5 Å². The first kappa shape index (κ1) is 18.1. The van der Waals surface area contributed by atoms with Gasteiger partial charge in [-0.1, -0.05) is 51.1 Å². The molecular weight excluding hydrogens is 286 g/mol. The smallest absolute Gasteiger partial charge is 0.165 e. The molecule has 1 rings (SSSR count). The summed E-state index contributed by atoms with van der Waals surface area (Å²) >= 11 is 6.13. The molecule has 0 spiro atoms. The van der Waals surface area contributed by atoms with Crippen molar-refractivity contribution in [1.29, 1.82) is 0 Å². The molecule has 1 N–H and O–H groups in total. The molecule has 0 aromatic heterocycles. The highest BCUT2D eigenvalue weighted by Gasteiger charge is 2.12. The maximum Gasteiger partial charge on any atom is 0.165 e. The molecule has 0 aliphatic carbocycles. The number of rotatable bonds is 11. The van der Waals surface area contributed by atoms with Gasteiger partial charge in [0.1, 0.15) is 0 Å². The second kappa shape index (κ2) is 10.7. The zero-order valence-electron chi connectivity index (χ0n) is 13.5. The number of unbranched alkanes of at least 4 members (excludes halogenated alkanes) is 4. The number of nitrogens with one attached hydrogen (secondary N) is 1. The zero-order valence-corrected chi connectivity index (χ0v) is 14.3. The molecule has 0 radical (unpaired) electrons. The van der Waals surface area contributed by atoms with E-state index in [1.54, 1.807) is 7.11 Å². The van der Waals surface area contributed by atoms with Gasteiger partial charge in [0.25, 0.3) is 0 Å². The van der Waals surface area contributed by atoms with Crippen LogP contribution in [0.15, 0.2) is 12.1 Å². The lowest BCUT2D eigenvalue weighted by Gasteiger charge is -2.16. The minimum Gasteiger partial charge on any atom is -0.493 e. The van der Waals surface area contributed by atoms with Crippen molar-refractivity contribution in [1.82, 2.24) is 5.32 Å². The largest absolute Gasteiger partial charge is 0.493 e. The number of ether oxygens (including phenoxy) is 2. The third kappa shape index (κ3) is 6.58.